The van der Waals surface area contributed by atoms with E-state index in [1.807, 2.05) is 38.1 Å². The first-order valence-corrected chi connectivity index (χ1v) is 10.6. The third-order valence-electron chi connectivity index (χ3n) is 6.16. The van der Waals surface area contributed by atoms with Gasteiger partial charge in [0.2, 0.25) is 11.8 Å². The van der Waals surface area contributed by atoms with Gasteiger partial charge in [0.15, 0.2) is 0 Å². The van der Waals surface area contributed by atoms with E-state index in [9.17, 15) is 19.8 Å². The number of carbonyl (C=O) groups is 2. The molecule has 1 fully saturated rings. The molecule has 1 aliphatic rings. The van der Waals surface area contributed by atoms with Crippen molar-refractivity contribution in [2.75, 3.05) is 0 Å². The predicted molar refractivity (Wildman–Crippen MR) is 121 cm³/mol. The third-order valence-corrected chi connectivity index (χ3v) is 6.16. The van der Waals surface area contributed by atoms with Crippen LogP contribution in [0, 0.1) is 0 Å². The van der Waals surface area contributed by atoms with E-state index in [0.717, 1.165) is 27.7 Å². The van der Waals surface area contributed by atoms with Crippen molar-refractivity contribution in [2.24, 2.45) is 0 Å². The molecule has 3 atom stereocenters. The number of aromatic amines is 1. The van der Waals surface area contributed by atoms with Crippen LogP contribution in [0.1, 0.15) is 51.4 Å². The van der Waals surface area contributed by atoms with Crippen molar-refractivity contribution >= 4 is 22.7 Å². The van der Waals surface area contributed by atoms with Gasteiger partial charge in [-0.3, -0.25) is 9.59 Å². The maximum atomic E-state index is 12.5. The summed E-state index contributed by atoms with van der Waals surface area (Å²) in [5, 5.41) is 26.9. The number of allylic oxidation sites excluding steroid dienone is 1. The number of hydrogen-bond donors (Lipinski definition) is 5. The number of benzene rings is 1. The molecular formula is C24H33N3O4. The molecule has 168 valence electrons. The molecule has 2 amide bonds. The van der Waals surface area contributed by atoms with Crippen molar-refractivity contribution in [3.63, 3.8) is 0 Å². The SMILES string of the molecule is C=CC(C)(C)c1[nH]c2ccc(CC(O)C(C)(C)O)cc2c1CC1NC(=O)C(C)NC1=O. The van der Waals surface area contributed by atoms with Crippen LogP contribution >= 0.6 is 0 Å². The van der Waals surface area contributed by atoms with Gasteiger partial charge in [-0.2, -0.15) is 0 Å². The molecule has 0 radical (unpaired) electrons. The number of nitrogens with one attached hydrogen (secondary N) is 3. The maximum Gasteiger partial charge on any atom is 0.243 e. The normalized spacial score (nSPS) is 21.0. The Kier molecular flexibility index (Phi) is 6.04. The van der Waals surface area contributed by atoms with Crippen molar-refractivity contribution in [1.29, 1.82) is 0 Å². The van der Waals surface area contributed by atoms with Crippen molar-refractivity contribution in [3.8, 4) is 0 Å². The Hall–Kier alpha value is -2.64. The van der Waals surface area contributed by atoms with Crippen LogP contribution in [0.3, 0.4) is 0 Å². The largest absolute Gasteiger partial charge is 0.390 e. The summed E-state index contributed by atoms with van der Waals surface area (Å²) in [6, 6.07) is 4.61. The quantitative estimate of drug-likeness (QED) is 0.434. The molecule has 2 heterocycles. The minimum atomic E-state index is -1.22. The fourth-order valence-corrected chi connectivity index (χ4v) is 3.85. The number of aliphatic hydroxyl groups excluding tert-OH is 1. The highest BCUT2D eigenvalue weighted by Crippen LogP contribution is 2.34. The Morgan fingerprint density at radius 1 is 1.16 bits per heavy atom. The predicted octanol–water partition coefficient (Wildman–Crippen LogP) is 1.85. The molecule has 3 unspecified atom stereocenters. The van der Waals surface area contributed by atoms with Gasteiger partial charge in [0, 0.05) is 34.9 Å². The zero-order valence-electron chi connectivity index (χ0n) is 18.9. The topological polar surface area (TPSA) is 114 Å². The summed E-state index contributed by atoms with van der Waals surface area (Å²) in [6.07, 6.45) is 1.56. The van der Waals surface area contributed by atoms with Crippen molar-refractivity contribution < 1.29 is 19.8 Å². The van der Waals surface area contributed by atoms with Gasteiger partial charge in [0.05, 0.1) is 11.7 Å². The molecule has 5 N–H and O–H groups in total. The molecule has 31 heavy (non-hydrogen) atoms. The second-order valence-corrected chi connectivity index (χ2v) is 9.65. The van der Waals surface area contributed by atoms with Crippen LogP contribution in [-0.4, -0.2) is 50.8 Å². The number of aliphatic hydroxyl groups is 2. The molecule has 0 spiro atoms. The highest BCUT2D eigenvalue weighted by Gasteiger charge is 2.34. The molecule has 1 saturated heterocycles. The Morgan fingerprint density at radius 2 is 1.84 bits per heavy atom. The number of hydrogen-bond acceptors (Lipinski definition) is 4. The van der Waals surface area contributed by atoms with E-state index in [-0.39, 0.29) is 17.2 Å². The average Bonchev–Trinajstić information content (AvgIpc) is 3.04. The lowest BCUT2D eigenvalue weighted by atomic mass is 9.84. The second kappa shape index (κ2) is 8.13. The summed E-state index contributed by atoms with van der Waals surface area (Å²) in [5.41, 5.74) is 2.03. The molecule has 1 aromatic heterocycles. The number of carbonyl (C=O) groups excluding carboxylic acids is 2. The van der Waals surface area contributed by atoms with Gasteiger partial charge >= 0.3 is 0 Å². The molecule has 1 aliphatic heterocycles. The van der Waals surface area contributed by atoms with Crippen LogP contribution in [0.2, 0.25) is 0 Å². The van der Waals surface area contributed by atoms with E-state index >= 15 is 0 Å². The minimum Gasteiger partial charge on any atom is -0.390 e. The van der Waals surface area contributed by atoms with E-state index in [4.69, 9.17) is 0 Å². The number of amides is 2. The van der Waals surface area contributed by atoms with Crippen LogP contribution in [-0.2, 0) is 27.8 Å². The summed E-state index contributed by atoms with van der Waals surface area (Å²) in [5.74, 6) is -0.416. The molecule has 7 nitrogen and oxygen atoms in total. The second-order valence-electron chi connectivity index (χ2n) is 9.65. The summed E-state index contributed by atoms with van der Waals surface area (Å²) < 4.78 is 0. The van der Waals surface area contributed by atoms with Gasteiger partial charge in [-0.05, 0) is 44.0 Å². The fraction of sp³-hybridized carbons (Fsp3) is 0.500. The van der Waals surface area contributed by atoms with Crippen molar-refractivity contribution in [1.82, 2.24) is 15.6 Å². The summed E-state index contributed by atoms with van der Waals surface area (Å²) in [6.45, 7) is 12.8. The molecule has 2 aromatic rings. The zero-order valence-corrected chi connectivity index (χ0v) is 18.9. The van der Waals surface area contributed by atoms with Crippen LogP contribution in [0.25, 0.3) is 10.9 Å². The Balaban J connectivity index is 2.06. The van der Waals surface area contributed by atoms with E-state index in [0.29, 0.717) is 12.8 Å². The molecule has 0 saturated carbocycles. The average molecular weight is 428 g/mol. The highest BCUT2D eigenvalue weighted by molar-refractivity contribution is 5.97. The van der Waals surface area contributed by atoms with Gasteiger partial charge in [0.25, 0.3) is 0 Å². The summed E-state index contributed by atoms with van der Waals surface area (Å²) in [7, 11) is 0. The summed E-state index contributed by atoms with van der Waals surface area (Å²) >= 11 is 0. The van der Waals surface area contributed by atoms with E-state index in [1.54, 1.807) is 20.8 Å². The third kappa shape index (κ3) is 4.67. The summed E-state index contributed by atoms with van der Waals surface area (Å²) in [4.78, 5) is 28.2. The number of rotatable bonds is 7. The molecule has 0 aliphatic carbocycles. The number of aromatic nitrogens is 1. The lowest BCUT2D eigenvalue weighted by molar-refractivity contribution is -0.136. The highest BCUT2D eigenvalue weighted by atomic mass is 16.3. The van der Waals surface area contributed by atoms with E-state index in [1.165, 1.54) is 0 Å². The first kappa shape index (κ1) is 23.0. The van der Waals surface area contributed by atoms with E-state index < -0.39 is 23.8 Å². The van der Waals surface area contributed by atoms with Crippen LogP contribution in [0.5, 0.6) is 0 Å². The van der Waals surface area contributed by atoms with Gasteiger partial charge < -0.3 is 25.8 Å². The molecular weight excluding hydrogens is 394 g/mol. The molecule has 7 heteroatoms. The lowest BCUT2D eigenvalue weighted by Gasteiger charge is -2.29. The van der Waals surface area contributed by atoms with Crippen molar-refractivity contribution in [2.45, 2.75) is 76.7 Å². The standard InChI is InChI=1S/C24H33N3O4/c1-7-23(3,4)20-16(12-18-22(30)25-13(2)21(29)27-18)15-10-14(8-9-17(15)26-20)11-19(28)24(5,6)31/h7-10,13,18-19,26,28,31H,1,11-12H2,2-6H3,(H,25,30)(H,27,29). The van der Waals surface area contributed by atoms with Gasteiger partial charge in [-0.15, -0.1) is 6.58 Å². The number of H-pyrrole nitrogens is 1. The van der Waals surface area contributed by atoms with Crippen molar-refractivity contribution in [3.05, 3.63) is 47.7 Å². The lowest BCUT2D eigenvalue weighted by Crippen LogP contribution is -2.61. The fourth-order valence-electron chi connectivity index (χ4n) is 3.85. The smallest absolute Gasteiger partial charge is 0.243 e. The van der Waals surface area contributed by atoms with Gasteiger partial charge in [-0.25, -0.2) is 0 Å². The van der Waals surface area contributed by atoms with Gasteiger partial charge in [0.1, 0.15) is 12.1 Å². The van der Waals surface area contributed by atoms with Crippen LogP contribution < -0.4 is 10.6 Å². The Labute approximate surface area is 182 Å². The Morgan fingerprint density at radius 3 is 2.45 bits per heavy atom. The first-order chi connectivity index (χ1) is 14.3. The van der Waals surface area contributed by atoms with Crippen LogP contribution in [0.4, 0.5) is 0 Å². The first-order valence-electron chi connectivity index (χ1n) is 10.6. The monoisotopic (exact) mass is 427 g/mol. The maximum absolute atomic E-state index is 12.5. The van der Waals surface area contributed by atoms with Gasteiger partial charge in [-0.1, -0.05) is 26.0 Å². The molecule has 1 aromatic carbocycles. The number of piperazine rings is 1. The minimum absolute atomic E-state index is 0.206. The zero-order chi connectivity index (χ0) is 23.1. The molecule has 3 rings (SSSR count). The Bertz CT molecular complexity index is 1020. The number of fused-ring (bicyclic) bond motifs is 1. The molecule has 0 bridgehead atoms. The van der Waals surface area contributed by atoms with E-state index in [2.05, 4.69) is 22.2 Å². The van der Waals surface area contributed by atoms with Crippen LogP contribution in [0.15, 0.2) is 30.9 Å².